The number of pyridine rings is 1. The van der Waals surface area contributed by atoms with Crippen LogP contribution >= 0.6 is 11.3 Å². The van der Waals surface area contributed by atoms with Gasteiger partial charge in [0, 0.05) is 41.5 Å². The molecule has 6 heteroatoms. The molecule has 0 saturated carbocycles. The second-order valence-electron chi connectivity index (χ2n) is 5.64. The number of hydrogen-bond acceptors (Lipinski definition) is 5. The molecule has 2 fully saturated rings. The number of nitrogens with zero attached hydrogens (tertiary/aromatic N) is 2. The maximum absolute atomic E-state index is 12.3. The molecule has 2 N–H and O–H groups in total. The number of hydrogen-bond donors (Lipinski definition) is 2. The molecule has 2 bridgehead atoms. The quantitative estimate of drug-likeness (QED) is 0.907. The molecule has 1 amide bonds. The van der Waals surface area contributed by atoms with Crippen LogP contribution in [0.4, 0.5) is 0 Å². The van der Waals surface area contributed by atoms with Crippen LogP contribution in [-0.4, -0.2) is 34.0 Å². The third-order valence-electron chi connectivity index (χ3n) is 4.26. The molecule has 2 aliphatic rings. The minimum atomic E-state index is -0.0688. The van der Waals surface area contributed by atoms with Crippen LogP contribution in [0.25, 0.3) is 10.6 Å². The van der Waals surface area contributed by atoms with E-state index in [0.717, 1.165) is 23.4 Å². The lowest BCUT2D eigenvalue weighted by molar-refractivity contribution is 0.0926. The first kappa shape index (κ1) is 12.9. The summed E-state index contributed by atoms with van der Waals surface area (Å²) >= 11 is 1.48. The second kappa shape index (κ2) is 5.20. The molecule has 108 valence electrons. The van der Waals surface area contributed by atoms with Gasteiger partial charge in [0.25, 0.3) is 5.91 Å². The second-order valence-corrected chi connectivity index (χ2v) is 6.50. The molecule has 0 spiro atoms. The minimum Gasteiger partial charge on any atom is -0.346 e. The summed E-state index contributed by atoms with van der Waals surface area (Å²) in [6.07, 6.45) is 6.93. The Labute approximate surface area is 126 Å². The summed E-state index contributed by atoms with van der Waals surface area (Å²) in [6, 6.07) is 5.10. The van der Waals surface area contributed by atoms with Gasteiger partial charge in [-0.05, 0) is 31.4 Å². The molecule has 4 rings (SSSR count). The molecular weight excluding hydrogens is 284 g/mol. The lowest BCUT2D eigenvalue weighted by Gasteiger charge is -2.20. The Hall–Kier alpha value is -1.79. The van der Waals surface area contributed by atoms with Crippen LogP contribution < -0.4 is 10.6 Å². The molecule has 2 saturated heterocycles. The summed E-state index contributed by atoms with van der Waals surface area (Å²) in [5, 5.41) is 9.29. The summed E-state index contributed by atoms with van der Waals surface area (Å²) < 4.78 is 0. The van der Waals surface area contributed by atoms with Crippen molar-refractivity contribution in [1.82, 2.24) is 20.6 Å². The van der Waals surface area contributed by atoms with E-state index in [0.29, 0.717) is 17.8 Å². The van der Waals surface area contributed by atoms with Crippen molar-refractivity contribution in [2.75, 3.05) is 0 Å². The summed E-state index contributed by atoms with van der Waals surface area (Å²) in [5.74, 6) is -0.0688. The van der Waals surface area contributed by atoms with Crippen LogP contribution in [0.3, 0.4) is 0 Å². The lowest BCUT2D eigenvalue weighted by atomic mass is 9.95. The summed E-state index contributed by atoms with van der Waals surface area (Å²) in [7, 11) is 0. The Balaban J connectivity index is 1.47. The highest BCUT2D eigenvalue weighted by molar-refractivity contribution is 7.13. The number of fused-ring (bicyclic) bond motifs is 2. The van der Waals surface area contributed by atoms with Crippen molar-refractivity contribution in [2.45, 2.75) is 37.4 Å². The van der Waals surface area contributed by atoms with E-state index in [1.165, 1.54) is 17.8 Å². The molecule has 0 radical (unpaired) electrons. The summed E-state index contributed by atoms with van der Waals surface area (Å²) in [5.41, 5.74) is 1.45. The number of nitrogens with one attached hydrogen (secondary N) is 2. The van der Waals surface area contributed by atoms with E-state index in [9.17, 15) is 4.79 Å². The SMILES string of the molecule is O=C(NC1CC2CCC1N2)c1csc(-c2cccnc2)n1. The first-order valence-electron chi connectivity index (χ1n) is 7.22. The fraction of sp³-hybridized carbons (Fsp3) is 0.400. The summed E-state index contributed by atoms with van der Waals surface area (Å²) in [4.78, 5) is 20.8. The van der Waals surface area contributed by atoms with Gasteiger partial charge in [-0.3, -0.25) is 9.78 Å². The molecular formula is C15H16N4OS. The van der Waals surface area contributed by atoms with E-state index >= 15 is 0 Å². The third kappa shape index (κ3) is 2.45. The fourth-order valence-corrected chi connectivity index (χ4v) is 4.02. The highest BCUT2D eigenvalue weighted by atomic mass is 32.1. The average Bonchev–Trinajstić information content (AvgIpc) is 3.24. The largest absolute Gasteiger partial charge is 0.346 e. The van der Waals surface area contributed by atoms with Gasteiger partial charge < -0.3 is 10.6 Å². The van der Waals surface area contributed by atoms with Crippen LogP contribution in [0, 0.1) is 0 Å². The Morgan fingerprint density at radius 1 is 1.43 bits per heavy atom. The first-order valence-corrected chi connectivity index (χ1v) is 8.10. The van der Waals surface area contributed by atoms with Gasteiger partial charge in [-0.25, -0.2) is 4.98 Å². The number of carbonyl (C=O) groups is 1. The molecule has 0 aromatic carbocycles. The lowest BCUT2D eigenvalue weighted by Crippen LogP contribution is -2.43. The third-order valence-corrected chi connectivity index (χ3v) is 5.15. The van der Waals surface area contributed by atoms with E-state index < -0.39 is 0 Å². The zero-order chi connectivity index (χ0) is 14.2. The normalized spacial score (nSPS) is 27.0. The van der Waals surface area contributed by atoms with Gasteiger partial charge in [0.15, 0.2) is 0 Å². The number of amides is 1. The maximum atomic E-state index is 12.3. The van der Waals surface area contributed by atoms with Crippen LogP contribution in [0.15, 0.2) is 29.9 Å². The maximum Gasteiger partial charge on any atom is 0.271 e. The molecule has 3 atom stereocenters. The molecule has 2 aromatic rings. The van der Waals surface area contributed by atoms with Gasteiger partial charge in [-0.15, -0.1) is 11.3 Å². The highest BCUT2D eigenvalue weighted by Crippen LogP contribution is 2.28. The smallest absolute Gasteiger partial charge is 0.271 e. The van der Waals surface area contributed by atoms with Gasteiger partial charge in [0.2, 0.25) is 0 Å². The van der Waals surface area contributed by atoms with E-state index in [1.54, 1.807) is 12.4 Å². The zero-order valence-electron chi connectivity index (χ0n) is 11.5. The molecule has 5 nitrogen and oxygen atoms in total. The summed E-state index contributed by atoms with van der Waals surface area (Å²) in [6.45, 7) is 0. The van der Waals surface area contributed by atoms with E-state index in [-0.39, 0.29) is 11.9 Å². The number of carbonyl (C=O) groups excluding carboxylic acids is 1. The van der Waals surface area contributed by atoms with E-state index in [2.05, 4.69) is 20.6 Å². The van der Waals surface area contributed by atoms with Crippen LogP contribution in [-0.2, 0) is 0 Å². The van der Waals surface area contributed by atoms with Crippen molar-refractivity contribution < 1.29 is 4.79 Å². The van der Waals surface area contributed by atoms with Crippen molar-refractivity contribution in [3.8, 4) is 10.6 Å². The first-order chi connectivity index (χ1) is 10.3. The number of aromatic nitrogens is 2. The average molecular weight is 300 g/mol. The standard InChI is InChI=1S/C15H16N4OS/c20-14(18-12-6-10-3-4-11(12)17-10)13-8-21-15(19-13)9-2-1-5-16-7-9/h1-2,5,7-8,10-12,17H,3-4,6H2,(H,18,20). The topological polar surface area (TPSA) is 66.9 Å². The van der Waals surface area contributed by atoms with Gasteiger partial charge in [0.1, 0.15) is 10.7 Å². The predicted octanol–water partition coefficient (Wildman–Crippen LogP) is 1.83. The van der Waals surface area contributed by atoms with E-state index in [1.807, 2.05) is 17.5 Å². The van der Waals surface area contributed by atoms with Crippen molar-refractivity contribution in [3.05, 3.63) is 35.6 Å². The fourth-order valence-electron chi connectivity index (χ4n) is 3.23. The van der Waals surface area contributed by atoms with Gasteiger partial charge in [0.05, 0.1) is 0 Å². The van der Waals surface area contributed by atoms with Crippen molar-refractivity contribution >= 4 is 17.2 Å². The van der Waals surface area contributed by atoms with Crippen LogP contribution in [0.2, 0.25) is 0 Å². The van der Waals surface area contributed by atoms with E-state index in [4.69, 9.17) is 0 Å². The Morgan fingerprint density at radius 3 is 3.10 bits per heavy atom. The van der Waals surface area contributed by atoms with Crippen LogP contribution in [0.5, 0.6) is 0 Å². The molecule has 2 aromatic heterocycles. The van der Waals surface area contributed by atoms with Gasteiger partial charge in [-0.2, -0.15) is 0 Å². The Morgan fingerprint density at radius 2 is 2.38 bits per heavy atom. The monoisotopic (exact) mass is 300 g/mol. The zero-order valence-corrected chi connectivity index (χ0v) is 12.3. The van der Waals surface area contributed by atoms with Crippen LogP contribution in [0.1, 0.15) is 29.8 Å². The Bertz CT molecular complexity index is 657. The minimum absolute atomic E-state index is 0.0688. The van der Waals surface area contributed by atoms with Crippen molar-refractivity contribution in [3.63, 3.8) is 0 Å². The van der Waals surface area contributed by atoms with Gasteiger partial charge in [-0.1, -0.05) is 0 Å². The van der Waals surface area contributed by atoms with Crippen molar-refractivity contribution in [2.24, 2.45) is 0 Å². The van der Waals surface area contributed by atoms with Crippen molar-refractivity contribution in [1.29, 1.82) is 0 Å². The molecule has 4 heterocycles. The Kier molecular flexibility index (Phi) is 3.20. The molecule has 21 heavy (non-hydrogen) atoms. The molecule has 2 aliphatic heterocycles. The molecule has 3 unspecified atom stereocenters. The predicted molar refractivity (Wildman–Crippen MR) is 81.2 cm³/mol. The highest BCUT2D eigenvalue weighted by Gasteiger charge is 2.39. The number of rotatable bonds is 3. The number of thiazole rings is 1. The molecule has 0 aliphatic carbocycles. The van der Waals surface area contributed by atoms with Gasteiger partial charge >= 0.3 is 0 Å².